The first kappa shape index (κ1) is 19.5. The molecule has 0 unspecified atom stereocenters. The molecule has 1 N–H and O–H groups in total. The lowest BCUT2D eigenvalue weighted by Gasteiger charge is -2.23. The number of halogens is 3. The highest BCUT2D eigenvalue weighted by Gasteiger charge is 2.29. The predicted molar refractivity (Wildman–Crippen MR) is 89.6 cm³/mol. The van der Waals surface area contributed by atoms with Crippen molar-refractivity contribution < 1.29 is 27.9 Å². The van der Waals surface area contributed by atoms with Crippen molar-refractivity contribution in [3.8, 4) is 0 Å². The van der Waals surface area contributed by atoms with Crippen LogP contribution in [0.3, 0.4) is 0 Å². The highest BCUT2D eigenvalue weighted by molar-refractivity contribution is 5.87. The molecule has 0 fully saturated rings. The summed E-state index contributed by atoms with van der Waals surface area (Å²) >= 11 is 0. The van der Waals surface area contributed by atoms with Gasteiger partial charge in [-0.05, 0) is 23.3 Å². The van der Waals surface area contributed by atoms with Crippen molar-refractivity contribution in [2.45, 2.75) is 25.6 Å². The molecule has 2 aromatic carbocycles. The fourth-order valence-corrected chi connectivity index (χ4v) is 2.41. The summed E-state index contributed by atoms with van der Waals surface area (Å²) in [5, 5.41) is 8.87. The van der Waals surface area contributed by atoms with E-state index >= 15 is 0 Å². The highest BCUT2D eigenvalue weighted by atomic mass is 19.4. The van der Waals surface area contributed by atoms with Gasteiger partial charge in [-0.2, -0.15) is 13.2 Å². The van der Waals surface area contributed by atoms with Gasteiger partial charge in [-0.1, -0.05) is 42.5 Å². The lowest BCUT2D eigenvalue weighted by atomic mass is 10.1. The van der Waals surface area contributed by atoms with E-state index in [4.69, 9.17) is 5.11 Å². The number of benzene rings is 2. The van der Waals surface area contributed by atoms with Crippen LogP contribution in [0.25, 0.3) is 0 Å². The van der Waals surface area contributed by atoms with Gasteiger partial charge >= 0.3 is 12.1 Å². The zero-order valence-corrected chi connectivity index (χ0v) is 13.9. The van der Waals surface area contributed by atoms with Gasteiger partial charge in [-0.3, -0.25) is 4.79 Å². The third-order valence-corrected chi connectivity index (χ3v) is 3.79. The maximum absolute atomic E-state index is 12.6. The molecule has 0 aliphatic rings. The summed E-state index contributed by atoms with van der Waals surface area (Å²) in [7, 11) is 0. The van der Waals surface area contributed by atoms with E-state index in [1.807, 2.05) is 0 Å². The van der Waals surface area contributed by atoms with E-state index in [9.17, 15) is 22.8 Å². The van der Waals surface area contributed by atoms with Gasteiger partial charge in [0.25, 0.3) is 0 Å². The van der Waals surface area contributed by atoms with E-state index in [1.54, 1.807) is 30.3 Å². The summed E-state index contributed by atoms with van der Waals surface area (Å²) in [6.07, 6.45) is -5.52. The number of hydrogen-bond donors (Lipinski definition) is 1. The molecule has 0 atom stereocenters. The fraction of sp³-hybridized carbons (Fsp3) is 0.263. The number of carboxylic acid groups (broad SMARTS) is 1. The molecule has 7 heteroatoms. The predicted octanol–water partition coefficient (Wildman–Crippen LogP) is 3.91. The Balaban J connectivity index is 2.09. The number of hydrogen-bond acceptors (Lipinski definition) is 2. The number of amides is 1. The molecule has 1 amide bonds. The molecule has 0 saturated heterocycles. The Morgan fingerprint density at radius 3 is 2.08 bits per heavy atom. The number of alkyl halides is 3. The van der Waals surface area contributed by atoms with Crippen molar-refractivity contribution in [3.05, 3.63) is 71.3 Å². The molecule has 0 aliphatic heterocycles. The standard InChI is InChI=1S/C19H18F3NO3/c20-19(21,22)10-11-23(13-15-4-2-1-3-5-15)17(24)12-14-6-8-16(9-7-14)18(25)26/h1-9H,10-13H2,(H,25,26). The number of nitrogens with zero attached hydrogens (tertiary/aromatic N) is 1. The average molecular weight is 365 g/mol. The van der Waals surface area contributed by atoms with Crippen molar-refractivity contribution in [1.82, 2.24) is 4.90 Å². The average Bonchev–Trinajstić information content (AvgIpc) is 2.59. The van der Waals surface area contributed by atoms with Gasteiger partial charge in [0, 0.05) is 13.1 Å². The van der Waals surface area contributed by atoms with Crippen molar-refractivity contribution in [1.29, 1.82) is 0 Å². The Bertz CT molecular complexity index is 743. The molecule has 0 bridgehead atoms. The van der Waals surface area contributed by atoms with Crippen LogP contribution in [0, 0.1) is 0 Å². The van der Waals surface area contributed by atoms with Crippen LogP contribution in [0.4, 0.5) is 13.2 Å². The number of carboxylic acids is 1. The van der Waals surface area contributed by atoms with Crippen LogP contribution in [0.15, 0.2) is 54.6 Å². The van der Waals surface area contributed by atoms with E-state index in [1.165, 1.54) is 29.2 Å². The van der Waals surface area contributed by atoms with Crippen LogP contribution in [0.1, 0.15) is 27.9 Å². The van der Waals surface area contributed by atoms with Gasteiger partial charge < -0.3 is 10.0 Å². The number of aromatic carboxylic acids is 1. The molecule has 0 aliphatic carbocycles. The number of carbonyl (C=O) groups is 2. The summed E-state index contributed by atoms with van der Waals surface area (Å²) in [6, 6.07) is 14.5. The zero-order valence-electron chi connectivity index (χ0n) is 13.9. The molecule has 4 nitrogen and oxygen atoms in total. The molecule has 0 saturated carbocycles. The largest absolute Gasteiger partial charge is 0.478 e. The van der Waals surface area contributed by atoms with Crippen molar-refractivity contribution in [3.63, 3.8) is 0 Å². The number of carbonyl (C=O) groups excluding carboxylic acids is 1. The monoisotopic (exact) mass is 365 g/mol. The molecule has 0 heterocycles. The molecule has 138 valence electrons. The van der Waals surface area contributed by atoms with Crippen LogP contribution in [-0.2, 0) is 17.8 Å². The Hall–Kier alpha value is -2.83. The van der Waals surface area contributed by atoms with E-state index in [-0.39, 0.29) is 18.5 Å². The molecular formula is C19H18F3NO3. The first-order chi connectivity index (χ1) is 12.2. The van der Waals surface area contributed by atoms with Crippen molar-refractivity contribution >= 4 is 11.9 Å². The van der Waals surface area contributed by atoms with Crippen molar-refractivity contribution in [2.24, 2.45) is 0 Å². The maximum atomic E-state index is 12.6. The number of rotatable bonds is 7. The quantitative estimate of drug-likeness (QED) is 0.809. The second kappa shape index (κ2) is 8.51. The SMILES string of the molecule is O=C(O)c1ccc(CC(=O)N(CCC(F)(F)F)Cc2ccccc2)cc1. The molecular weight excluding hydrogens is 347 g/mol. The molecule has 0 aromatic heterocycles. The van der Waals surface area contributed by atoms with Crippen molar-refractivity contribution in [2.75, 3.05) is 6.54 Å². The lowest BCUT2D eigenvalue weighted by Crippen LogP contribution is -2.34. The molecule has 26 heavy (non-hydrogen) atoms. The molecule has 0 radical (unpaired) electrons. The van der Waals surface area contributed by atoms with Gasteiger partial charge in [0.05, 0.1) is 18.4 Å². The maximum Gasteiger partial charge on any atom is 0.390 e. The highest BCUT2D eigenvalue weighted by Crippen LogP contribution is 2.21. The molecule has 2 rings (SSSR count). The van der Waals surface area contributed by atoms with Gasteiger partial charge in [0.1, 0.15) is 0 Å². The van der Waals surface area contributed by atoms with E-state index in [2.05, 4.69) is 0 Å². The Morgan fingerprint density at radius 1 is 0.923 bits per heavy atom. The third-order valence-electron chi connectivity index (χ3n) is 3.79. The van der Waals surface area contributed by atoms with Crippen LogP contribution in [0.2, 0.25) is 0 Å². The summed E-state index contributed by atoms with van der Waals surface area (Å²) in [6.45, 7) is -0.340. The molecule has 0 spiro atoms. The Kier molecular flexibility index (Phi) is 6.38. The van der Waals surface area contributed by atoms with E-state index < -0.39 is 31.0 Å². The fourth-order valence-electron chi connectivity index (χ4n) is 2.41. The van der Waals surface area contributed by atoms with E-state index in [0.29, 0.717) is 5.56 Å². The van der Waals surface area contributed by atoms with Gasteiger partial charge in [0.15, 0.2) is 0 Å². The van der Waals surface area contributed by atoms with Crippen LogP contribution < -0.4 is 0 Å². The Labute approximate surface area is 148 Å². The van der Waals surface area contributed by atoms with Crippen LogP contribution in [0.5, 0.6) is 0 Å². The smallest absolute Gasteiger partial charge is 0.390 e. The summed E-state index contributed by atoms with van der Waals surface area (Å²) in [5.41, 5.74) is 1.37. The summed E-state index contributed by atoms with van der Waals surface area (Å²) in [5.74, 6) is -1.53. The second-order valence-corrected chi connectivity index (χ2v) is 5.84. The second-order valence-electron chi connectivity index (χ2n) is 5.84. The minimum absolute atomic E-state index is 0.0828. The summed E-state index contributed by atoms with van der Waals surface area (Å²) in [4.78, 5) is 24.5. The van der Waals surface area contributed by atoms with Gasteiger partial charge in [0.2, 0.25) is 5.91 Å². The summed E-state index contributed by atoms with van der Waals surface area (Å²) < 4.78 is 37.7. The molecule has 2 aromatic rings. The lowest BCUT2D eigenvalue weighted by molar-refractivity contribution is -0.145. The van der Waals surface area contributed by atoms with E-state index in [0.717, 1.165) is 5.56 Å². The van der Waals surface area contributed by atoms with Crippen LogP contribution >= 0.6 is 0 Å². The zero-order chi connectivity index (χ0) is 19.2. The minimum Gasteiger partial charge on any atom is -0.478 e. The first-order valence-corrected chi connectivity index (χ1v) is 7.95. The Morgan fingerprint density at radius 2 is 1.54 bits per heavy atom. The van der Waals surface area contributed by atoms with Gasteiger partial charge in [-0.15, -0.1) is 0 Å². The first-order valence-electron chi connectivity index (χ1n) is 7.95. The van der Waals surface area contributed by atoms with Crippen LogP contribution in [-0.4, -0.2) is 34.6 Å². The minimum atomic E-state index is -4.35. The van der Waals surface area contributed by atoms with Gasteiger partial charge in [-0.25, -0.2) is 4.79 Å². The third kappa shape index (κ3) is 6.23. The normalized spacial score (nSPS) is 11.2. The topological polar surface area (TPSA) is 57.6 Å².